The molecule has 0 amide bonds. The van der Waals surface area contributed by atoms with Crippen molar-refractivity contribution in [3.63, 3.8) is 0 Å². The number of rotatable bonds is 1. The SMILES string of the molecule is CSC(N)=Nc1ccccc1. The average Bonchev–Trinajstić information content (AvgIpc) is 2.06. The van der Waals surface area contributed by atoms with Crippen LogP contribution in [-0.2, 0) is 0 Å². The summed E-state index contributed by atoms with van der Waals surface area (Å²) in [7, 11) is 0. The van der Waals surface area contributed by atoms with Gasteiger partial charge in [0.2, 0.25) is 0 Å². The Hall–Kier alpha value is -0.960. The van der Waals surface area contributed by atoms with Crippen LogP contribution in [0.5, 0.6) is 0 Å². The average molecular weight is 166 g/mol. The van der Waals surface area contributed by atoms with Crippen molar-refractivity contribution in [2.45, 2.75) is 0 Å². The topological polar surface area (TPSA) is 38.4 Å². The third-order valence-electron chi connectivity index (χ3n) is 1.20. The van der Waals surface area contributed by atoms with Crippen LogP contribution in [0.3, 0.4) is 0 Å². The number of amidine groups is 1. The van der Waals surface area contributed by atoms with Gasteiger partial charge in [-0.1, -0.05) is 30.0 Å². The van der Waals surface area contributed by atoms with Crippen LogP contribution in [0.15, 0.2) is 35.3 Å². The standard InChI is InChI=1S/C8H10N2S/c1-11-8(9)10-7-5-3-2-4-6-7/h2-6H,1H3,(H2,9,10). The fourth-order valence-corrected chi connectivity index (χ4v) is 0.872. The van der Waals surface area contributed by atoms with Gasteiger partial charge in [0.05, 0.1) is 5.69 Å². The number of thioether (sulfide) groups is 1. The second-order valence-corrected chi connectivity index (χ2v) is 2.82. The van der Waals surface area contributed by atoms with E-state index in [9.17, 15) is 0 Å². The third kappa shape index (κ3) is 2.63. The van der Waals surface area contributed by atoms with Gasteiger partial charge in [0.1, 0.15) is 0 Å². The van der Waals surface area contributed by atoms with Crippen LogP contribution >= 0.6 is 11.8 Å². The molecule has 0 atom stereocenters. The molecule has 2 nitrogen and oxygen atoms in total. The minimum Gasteiger partial charge on any atom is -0.378 e. The summed E-state index contributed by atoms with van der Waals surface area (Å²) in [5.74, 6) is 0. The molecular formula is C8H10N2S. The molecule has 0 aliphatic heterocycles. The Morgan fingerprint density at radius 2 is 2.00 bits per heavy atom. The molecule has 1 aromatic rings. The van der Waals surface area contributed by atoms with Crippen LogP contribution in [0.2, 0.25) is 0 Å². The molecule has 0 heterocycles. The molecule has 0 saturated heterocycles. The molecule has 0 unspecified atom stereocenters. The van der Waals surface area contributed by atoms with Gasteiger partial charge in [-0.25, -0.2) is 4.99 Å². The lowest BCUT2D eigenvalue weighted by Gasteiger charge is -1.94. The molecule has 0 radical (unpaired) electrons. The number of hydrogen-bond acceptors (Lipinski definition) is 2. The molecule has 3 heteroatoms. The predicted molar refractivity (Wildman–Crippen MR) is 51.2 cm³/mol. The van der Waals surface area contributed by atoms with Crippen LogP contribution in [0.1, 0.15) is 0 Å². The van der Waals surface area contributed by atoms with E-state index in [1.807, 2.05) is 36.6 Å². The first-order valence-corrected chi connectivity index (χ1v) is 4.48. The number of nitrogens with zero attached hydrogens (tertiary/aromatic N) is 1. The van der Waals surface area contributed by atoms with Crippen molar-refractivity contribution in [1.29, 1.82) is 0 Å². The van der Waals surface area contributed by atoms with Crippen molar-refractivity contribution in [1.82, 2.24) is 0 Å². The van der Waals surface area contributed by atoms with Crippen LogP contribution in [0.4, 0.5) is 5.69 Å². The third-order valence-corrected chi connectivity index (χ3v) is 1.71. The van der Waals surface area contributed by atoms with Gasteiger partial charge in [0.25, 0.3) is 0 Å². The second-order valence-electron chi connectivity index (χ2n) is 1.99. The maximum atomic E-state index is 5.52. The van der Waals surface area contributed by atoms with Crippen molar-refractivity contribution < 1.29 is 0 Å². The van der Waals surface area contributed by atoms with Gasteiger partial charge in [0, 0.05) is 0 Å². The zero-order valence-electron chi connectivity index (χ0n) is 6.32. The fraction of sp³-hybridized carbons (Fsp3) is 0.125. The second kappa shape index (κ2) is 4.03. The Bertz CT molecular complexity index is 244. The molecule has 11 heavy (non-hydrogen) atoms. The quantitative estimate of drug-likeness (QED) is 0.512. The van der Waals surface area contributed by atoms with Gasteiger partial charge in [-0.2, -0.15) is 0 Å². The van der Waals surface area contributed by atoms with E-state index in [0.717, 1.165) is 5.69 Å². The van der Waals surface area contributed by atoms with Crippen molar-refractivity contribution in [2.24, 2.45) is 10.7 Å². The van der Waals surface area contributed by atoms with E-state index in [4.69, 9.17) is 5.73 Å². The first kappa shape index (κ1) is 8.14. The van der Waals surface area contributed by atoms with Gasteiger partial charge in [-0.05, 0) is 18.4 Å². The zero-order chi connectivity index (χ0) is 8.10. The maximum Gasteiger partial charge on any atom is 0.158 e. The summed E-state index contributed by atoms with van der Waals surface area (Å²) in [6.07, 6.45) is 1.90. The van der Waals surface area contributed by atoms with E-state index < -0.39 is 0 Å². The molecule has 1 aromatic carbocycles. The van der Waals surface area contributed by atoms with Gasteiger partial charge in [-0.15, -0.1) is 0 Å². The van der Waals surface area contributed by atoms with Crippen molar-refractivity contribution in [3.8, 4) is 0 Å². The lowest BCUT2D eigenvalue weighted by Crippen LogP contribution is -2.03. The number of aliphatic imine (C=N–C) groups is 1. The number of para-hydroxylation sites is 1. The molecule has 0 bridgehead atoms. The molecule has 0 fully saturated rings. The summed E-state index contributed by atoms with van der Waals surface area (Å²) in [5.41, 5.74) is 6.42. The summed E-state index contributed by atoms with van der Waals surface area (Å²) in [6.45, 7) is 0. The lowest BCUT2D eigenvalue weighted by molar-refractivity contribution is 1.51. The van der Waals surface area contributed by atoms with Crippen molar-refractivity contribution in [3.05, 3.63) is 30.3 Å². The van der Waals surface area contributed by atoms with Gasteiger partial charge < -0.3 is 5.73 Å². The van der Waals surface area contributed by atoms with E-state index in [2.05, 4.69) is 4.99 Å². The fourth-order valence-electron chi connectivity index (χ4n) is 0.675. The molecular weight excluding hydrogens is 156 g/mol. The monoisotopic (exact) mass is 166 g/mol. The van der Waals surface area contributed by atoms with Crippen molar-refractivity contribution in [2.75, 3.05) is 6.26 Å². The summed E-state index contributed by atoms with van der Waals surface area (Å²) < 4.78 is 0. The van der Waals surface area contributed by atoms with E-state index in [1.165, 1.54) is 11.8 Å². The van der Waals surface area contributed by atoms with E-state index in [-0.39, 0.29) is 0 Å². The highest BCUT2D eigenvalue weighted by Gasteiger charge is 1.88. The largest absolute Gasteiger partial charge is 0.378 e. The minimum atomic E-state index is 0.594. The Labute approximate surface area is 70.5 Å². The predicted octanol–water partition coefficient (Wildman–Crippen LogP) is 2.00. The first-order chi connectivity index (χ1) is 5.33. The van der Waals surface area contributed by atoms with Gasteiger partial charge in [0.15, 0.2) is 5.17 Å². The molecule has 58 valence electrons. The highest BCUT2D eigenvalue weighted by atomic mass is 32.2. The van der Waals surface area contributed by atoms with E-state index in [0.29, 0.717) is 5.17 Å². The zero-order valence-corrected chi connectivity index (χ0v) is 7.14. The van der Waals surface area contributed by atoms with Crippen LogP contribution in [-0.4, -0.2) is 11.4 Å². The smallest absolute Gasteiger partial charge is 0.158 e. The number of benzene rings is 1. The molecule has 2 N–H and O–H groups in total. The molecule has 0 saturated carbocycles. The van der Waals surface area contributed by atoms with Crippen LogP contribution in [0, 0.1) is 0 Å². The Morgan fingerprint density at radius 1 is 1.36 bits per heavy atom. The first-order valence-electron chi connectivity index (χ1n) is 3.26. The number of hydrogen-bond donors (Lipinski definition) is 1. The van der Waals surface area contributed by atoms with Gasteiger partial charge in [-0.3, -0.25) is 0 Å². The van der Waals surface area contributed by atoms with Crippen molar-refractivity contribution >= 4 is 22.6 Å². The molecule has 0 aliphatic carbocycles. The molecule has 0 aliphatic rings. The summed E-state index contributed by atoms with van der Waals surface area (Å²) in [6, 6.07) is 9.67. The Morgan fingerprint density at radius 3 is 2.55 bits per heavy atom. The van der Waals surface area contributed by atoms with E-state index in [1.54, 1.807) is 0 Å². The highest BCUT2D eigenvalue weighted by Crippen LogP contribution is 2.10. The molecule has 0 spiro atoms. The minimum absolute atomic E-state index is 0.594. The summed E-state index contributed by atoms with van der Waals surface area (Å²) in [4.78, 5) is 4.13. The summed E-state index contributed by atoms with van der Waals surface area (Å²) in [5, 5.41) is 0.594. The Balaban J connectivity index is 2.79. The van der Waals surface area contributed by atoms with Crippen LogP contribution in [0.25, 0.3) is 0 Å². The summed E-state index contributed by atoms with van der Waals surface area (Å²) >= 11 is 1.45. The van der Waals surface area contributed by atoms with Crippen LogP contribution < -0.4 is 5.73 Å². The maximum absolute atomic E-state index is 5.52. The molecule has 0 aromatic heterocycles. The highest BCUT2D eigenvalue weighted by molar-refractivity contribution is 8.13. The Kier molecular flexibility index (Phi) is 2.98. The molecule has 1 rings (SSSR count). The normalized spacial score (nSPS) is 11.5. The van der Waals surface area contributed by atoms with E-state index >= 15 is 0 Å². The number of nitrogens with two attached hydrogens (primary N) is 1. The lowest BCUT2D eigenvalue weighted by atomic mass is 10.3. The van der Waals surface area contributed by atoms with Gasteiger partial charge >= 0.3 is 0 Å².